The van der Waals surface area contributed by atoms with Gasteiger partial charge in [0.05, 0.1) is 17.9 Å². The molecule has 3 atom stereocenters. The number of likely N-dealkylation sites (N-methyl/N-ethyl adjacent to an activating group) is 1. The molecule has 1 saturated heterocycles. The van der Waals surface area contributed by atoms with Gasteiger partial charge in [-0.25, -0.2) is 0 Å². The van der Waals surface area contributed by atoms with Crippen LogP contribution in [0.1, 0.15) is 20.3 Å². The van der Waals surface area contributed by atoms with Gasteiger partial charge in [-0.15, -0.1) is 0 Å². The highest BCUT2D eigenvalue weighted by Gasteiger charge is 2.40. The minimum atomic E-state index is -1.12. The lowest BCUT2D eigenvalue weighted by Gasteiger charge is -2.37. The van der Waals surface area contributed by atoms with E-state index < -0.39 is 29.8 Å². The summed E-state index contributed by atoms with van der Waals surface area (Å²) in [5.41, 5.74) is 0. The Bertz CT molecular complexity index is 371. The maximum Gasteiger partial charge on any atom is 0.308 e. The summed E-state index contributed by atoms with van der Waals surface area (Å²) in [5, 5.41) is 20.8. The van der Waals surface area contributed by atoms with Crippen LogP contribution in [0.3, 0.4) is 0 Å². The maximum atomic E-state index is 11.7. The number of hydrogen-bond donors (Lipinski definition) is 3. The topological polar surface area (TPSA) is 107 Å². The number of carbonyl (C=O) groups excluding carboxylic acids is 1. The molecule has 0 bridgehead atoms. The van der Waals surface area contributed by atoms with Crippen molar-refractivity contribution in [2.24, 2.45) is 11.8 Å². The van der Waals surface area contributed by atoms with Gasteiger partial charge in [0.2, 0.25) is 5.91 Å². The Morgan fingerprint density at radius 1 is 1.26 bits per heavy atom. The average Bonchev–Trinajstić information content (AvgIpc) is 2.37. The van der Waals surface area contributed by atoms with Crippen molar-refractivity contribution in [1.82, 2.24) is 10.2 Å². The van der Waals surface area contributed by atoms with E-state index in [2.05, 4.69) is 5.32 Å². The van der Waals surface area contributed by atoms with Gasteiger partial charge < -0.3 is 15.5 Å². The van der Waals surface area contributed by atoms with Crippen molar-refractivity contribution in [1.29, 1.82) is 0 Å². The SMILES string of the molecule is CCNC(=O)C(C)N1CCC(C(=O)O)C(C(=O)O)C1. The molecule has 1 fully saturated rings. The Labute approximate surface area is 111 Å². The summed E-state index contributed by atoms with van der Waals surface area (Å²) in [6.07, 6.45) is 0.246. The minimum absolute atomic E-state index is 0.0879. The predicted octanol–water partition coefficient (Wildman–Crippen LogP) is -0.382. The second-order valence-electron chi connectivity index (χ2n) is 4.74. The number of nitrogens with zero attached hydrogens (tertiary/aromatic N) is 1. The smallest absolute Gasteiger partial charge is 0.308 e. The van der Waals surface area contributed by atoms with Crippen molar-refractivity contribution in [2.75, 3.05) is 19.6 Å². The molecule has 19 heavy (non-hydrogen) atoms. The highest BCUT2D eigenvalue weighted by Crippen LogP contribution is 2.25. The Hall–Kier alpha value is -1.63. The minimum Gasteiger partial charge on any atom is -0.481 e. The van der Waals surface area contributed by atoms with Crippen LogP contribution < -0.4 is 5.32 Å². The fraction of sp³-hybridized carbons (Fsp3) is 0.750. The van der Waals surface area contributed by atoms with Crippen LogP contribution in [0.25, 0.3) is 0 Å². The van der Waals surface area contributed by atoms with Crippen molar-refractivity contribution in [3.63, 3.8) is 0 Å². The molecule has 7 heteroatoms. The largest absolute Gasteiger partial charge is 0.481 e. The first-order chi connectivity index (χ1) is 8.88. The van der Waals surface area contributed by atoms with E-state index in [0.717, 1.165) is 0 Å². The number of carbonyl (C=O) groups is 3. The zero-order chi connectivity index (χ0) is 14.6. The molecule has 1 amide bonds. The molecule has 0 aromatic heterocycles. The van der Waals surface area contributed by atoms with E-state index in [1.54, 1.807) is 18.7 Å². The van der Waals surface area contributed by atoms with Gasteiger partial charge >= 0.3 is 11.9 Å². The van der Waals surface area contributed by atoms with Crippen LogP contribution in [0.5, 0.6) is 0 Å². The Morgan fingerprint density at radius 3 is 2.32 bits per heavy atom. The number of nitrogens with one attached hydrogen (secondary N) is 1. The second kappa shape index (κ2) is 6.51. The third kappa shape index (κ3) is 3.66. The Kier molecular flexibility index (Phi) is 5.29. The molecule has 0 radical (unpaired) electrons. The number of amides is 1. The molecular weight excluding hydrogens is 252 g/mol. The lowest BCUT2D eigenvalue weighted by molar-refractivity contribution is -0.158. The first-order valence-corrected chi connectivity index (χ1v) is 6.35. The molecule has 108 valence electrons. The first kappa shape index (κ1) is 15.4. The van der Waals surface area contributed by atoms with Crippen molar-refractivity contribution in [3.8, 4) is 0 Å². The van der Waals surface area contributed by atoms with Gasteiger partial charge in [-0.05, 0) is 26.8 Å². The van der Waals surface area contributed by atoms with Gasteiger partial charge in [0, 0.05) is 13.1 Å². The molecule has 0 saturated carbocycles. The van der Waals surface area contributed by atoms with Crippen LogP contribution in [-0.4, -0.2) is 58.6 Å². The zero-order valence-electron chi connectivity index (χ0n) is 11.1. The van der Waals surface area contributed by atoms with Crippen LogP contribution in [0, 0.1) is 11.8 Å². The van der Waals surface area contributed by atoms with Gasteiger partial charge in [0.15, 0.2) is 0 Å². The summed E-state index contributed by atoms with van der Waals surface area (Å²) in [6.45, 7) is 4.52. The van der Waals surface area contributed by atoms with Crippen LogP contribution in [0.4, 0.5) is 0 Å². The quantitative estimate of drug-likeness (QED) is 0.629. The molecule has 1 aliphatic rings. The van der Waals surface area contributed by atoms with Crippen molar-refractivity contribution < 1.29 is 24.6 Å². The standard InChI is InChI=1S/C12H20N2O5/c1-3-13-10(15)7(2)14-5-4-8(11(16)17)9(6-14)12(18)19/h7-9H,3-6H2,1-2H3,(H,13,15)(H,16,17)(H,18,19). The summed E-state index contributed by atoms with van der Waals surface area (Å²) >= 11 is 0. The van der Waals surface area contributed by atoms with E-state index in [1.165, 1.54) is 0 Å². The van der Waals surface area contributed by atoms with Crippen LogP contribution >= 0.6 is 0 Å². The highest BCUT2D eigenvalue weighted by atomic mass is 16.4. The second-order valence-corrected chi connectivity index (χ2v) is 4.74. The molecule has 0 aromatic rings. The predicted molar refractivity (Wildman–Crippen MR) is 66.6 cm³/mol. The van der Waals surface area contributed by atoms with Crippen LogP contribution in [0.2, 0.25) is 0 Å². The van der Waals surface area contributed by atoms with Crippen molar-refractivity contribution in [3.05, 3.63) is 0 Å². The van der Waals surface area contributed by atoms with E-state index >= 15 is 0 Å². The molecule has 1 heterocycles. The molecule has 1 rings (SSSR count). The molecule has 0 aromatic carbocycles. The number of piperidine rings is 1. The van der Waals surface area contributed by atoms with E-state index in [9.17, 15) is 14.4 Å². The number of aliphatic carboxylic acids is 2. The summed E-state index contributed by atoms with van der Waals surface area (Å²) < 4.78 is 0. The summed E-state index contributed by atoms with van der Waals surface area (Å²) in [5.74, 6) is -4.23. The summed E-state index contributed by atoms with van der Waals surface area (Å²) in [4.78, 5) is 35.6. The fourth-order valence-electron chi connectivity index (χ4n) is 2.36. The van der Waals surface area contributed by atoms with Gasteiger partial charge in [-0.1, -0.05) is 0 Å². The lowest BCUT2D eigenvalue weighted by Crippen LogP contribution is -2.53. The Morgan fingerprint density at radius 2 is 1.84 bits per heavy atom. The van der Waals surface area contributed by atoms with Gasteiger partial charge in [-0.3, -0.25) is 19.3 Å². The molecule has 1 aliphatic heterocycles. The molecule has 3 unspecified atom stereocenters. The number of likely N-dealkylation sites (tertiary alicyclic amines) is 1. The fourth-order valence-corrected chi connectivity index (χ4v) is 2.36. The van der Waals surface area contributed by atoms with E-state index in [-0.39, 0.29) is 18.9 Å². The average molecular weight is 272 g/mol. The van der Waals surface area contributed by atoms with Gasteiger partial charge in [0.25, 0.3) is 0 Å². The summed E-state index contributed by atoms with van der Waals surface area (Å²) in [7, 11) is 0. The Balaban J connectivity index is 2.73. The highest BCUT2D eigenvalue weighted by molar-refractivity contribution is 5.82. The molecular formula is C12H20N2O5. The van der Waals surface area contributed by atoms with E-state index in [0.29, 0.717) is 13.1 Å². The van der Waals surface area contributed by atoms with E-state index in [1.807, 2.05) is 0 Å². The monoisotopic (exact) mass is 272 g/mol. The first-order valence-electron chi connectivity index (χ1n) is 6.35. The number of carboxylic acid groups (broad SMARTS) is 2. The summed E-state index contributed by atoms with van der Waals surface area (Å²) in [6, 6.07) is -0.448. The molecule has 0 aliphatic carbocycles. The van der Waals surface area contributed by atoms with Crippen LogP contribution in [-0.2, 0) is 14.4 Å². The van der Waals surface area contributed by atoms with Crippen LogP contribution in [0.15, 0.2) is 0 Å². The number of rotatable bonds is 5. The molecule has 0 spiro atoms. The maximum absolute atomic E-state index is 11.7. The van der Waals surface area contributed by atoms with Crippen molar-refractivity contribution >= 4 is 17.8 Å². The lowest BCUT2D eigenvalue weighted by atomic mass is 9.85. The normalized spacial score (nSPS) is 25.6. The number of hydrogen-bond acceptors (Lipinski definition) is 4. The van der Waals surface area contributed by atoms with Gasteiger partial charge in [-0.2, -0.15) is 0 Å². The molecule has 3 N–H and O–H groups in total. The van der Waals surface area contributed by atoms with Crippen molar-refractivity contribution in [2.45, 2.75) is 26.3 Å². The third-order valence-electron chi connectivity index (χ3n) is 3.56. The zero-order valence-corrected chi connectivity index (χ0v) is 11.1. The molecule has 7 nitrogen and oxygen atoms in total. The third-order valence-corrected chi connectivity index (χ3v) is 3.56. The number of carboxylic acids is 2. The van der Waals surface area contributed by atoms with E-state index in [4.69, 9.17) is 10.2 Å². The van der Waals surface area contributed by atoms with Gasteiger partial charge in [0.1, 0.15) is 0 Å².